The molecule has 0 aliphatic carbocycles. The minimum Gasteiger partial charge on any atom is -0.326 e. The molecular weight excluding hydrogens is 333 g/mol. The number of anilines is 1. The van der Waals surface area contributed by atoms with E-state index >= 15 is 0 Å². The summed E-state index contributed by atoms with van der Waals surface area (Å²) in [5, 5.41) is 2.24. The lowest BCUT2D eigenvalue weighted by Gasteiger charge is -2.24. The molecule has 1 aliphatic rings. The Kier molecular flexibility index (Phi) is 4.74. The van der Waals surface area contributed by atoms with Crippen LogP contribution < -0.4 is 5.32 Å². The van der Waals surface area contributed by atoms with Crippen molar-refractivity contribution in [3.8, 4) is 0 Å². The first-order chi connectivity index (χ1) is 12.0. The van der Waals surface area contributed by atoms with Crippen LogP contribution in [0.25, 0.3) is 0 Å². The average Bonchev–Trinajstić information content (AvgIpc) is 2.97. The Hall–Kier alpha value is -2.83. The van der Waals surface area contributed by atoms with E-state index in [1.807, 2.05) is 30.3 Å². The van der Waals surface area contributed by atoms with Crippen LogP contribution in [0.15, 0.2) is 42.5 Å². The van der Waals surface area contributed by atoms with Gasteiger partial charge in [-0.15, -0.1) is 0 Å². The lowest BCUT2D eigenvalue weighted by atomic mass is 10.1. The summed E-state index contributed by atoms with van der Waals surface area (Å²) in [4.78, 5) is 25.9. The van der Waals surface area contributed by atoms with Gasteiger partial charge in [0.05, 0.1) is 5.69 Å². The predicted molar refractivity (Wildman–Crippen MR) is 85.0 cm³/mol. The first-order valence-electron chi connectivity index (χ1n) is 7.75. The summed E-state index contributed by atoms with van der Waals surface area (Å²) in [6, 6.07) is 10.0. The zero-order valence-corrected chi connectivity index (χ0v) is 13.1. The Morgan fingerprint density at radius 3 is 2.52 bits per heavy atom. The lowest BCUT2D eigenvalue weighted by Crippen LogP contribution is -2.41. The molecule has 2 aromatic rings. The van der Waals surface area contributed by atoms with Crippen LogP contribution in [0.2, 0.25) is 0 Å². The van der Waals surface area contributed by atoms with Crippen LogP contribution >= 0.6 is 0 Å². The van der Waals surface area contributed by atoms with Gasteiger partial charge in [0.15, 0.2) is 17.5 Å². The largest absolute Gasteiger partial charge is 0.326 e. The molecule has 4 nitrogen and oxygen atoms in total. The number of likely N-dealkylation sites (tertiary alicyclic amines) is 1. The number of amides is 2. The van der Waals surface area contributed by atoms with Crippen molar-refractivity contribution in [2.24, 2.45) is 0 Å². The molecule has 0 radical (unpaired) electrons. The molecule has 1 heterocycles. The minimum atomic E-state index is -1.65. The van der Waals surface area contributed by atoms with Crippen molar-refractivity contribution in [3.05, 3.63) is 65.5 Å². The Bertz CT molecular complexity index is 811. The van der Waals surface area contributed by atoms with Crippen molar-refractivity contribution < 1.29 is 22.8 Å². The van der Waals surface area contributed by atoms with Crippen LogP contribution in [0.4, 0.5) is 18.9 Å². The number of nitrogens with one attached hydrogen (secondary N) is 1. The summed E-state index contributed by atoms with van der Waals surface area (Å²) in [5.74, 6) is -5.27. The number of rotatable bonds is 4. The second-order valence-corrected chi connectivity index (χ2v) is 5.77. The highest BCUT2D eigenvalue weighted by Crippen LogP contribution is 2.25. The van der Waals surface area contributed by atoms with E-state index in [0.717, 1.165) is 17.7 Å². The van der Waals surface area contributed by atoms with Crippen molar-refractivity contribution >= 4 is 17.5 Å². The molecule has 25 heavy (non-hydrogen) atoms. The molecule has 1 atom stereocenters. The third-order valence-electron chi connectivity index (χ3n) is 4.12. The van der Waals surface area contributed by atoms with Crippen LogP contribution in [-0.2, 0) is 16.1 Å². The average molecular weight is 348 g/mol. The number of nitrogens with zero attached hydrogens (tertiary/aromatic N) is 1. The van der Waals surface area contributed by atoms with Crippen LogP contribution in [0.3, 0.4) is 0 Å². The molecule has 1 fully saturated rings. The van der Waals surface area contributed by atoms with Crippen LogP contribution in [-0.4, -0.2) is 22.8 Å². The Balaban J connectivity index is 1.76. The summed E-state index contributed by atoms with van der Waals surface area (Å²) in [6.45, 7) is 0.248. The van der Waals surface area contributed by atoms with E-state index in [1.165, 1.54) is 4.90 Å². The van der Waals surface area contributed by atoms with E-state index in [0.29, 0.717) is 0 Å². The van der Waals surface area contributed by atoms with E-state index < -0.39 is 35.1 Å². The lowest BCUT2D eigenvalue weighted by molar-refractivity contribution is -0.133. The van der Waals surface area contributed by atoms with Crippen LogP contribution in [0.5, 0.6) is 0 Å². The summed E-state index contributed by atoms with van der Waals surface area (Å²) in [5.41, 5.74) is 0.400. The molecule has 1 saturated heterocycles. The van der Waals surface area contributed by atoms with Crippen LogP contribution in [0.1, 0.15) is 18.4 Å². The van der Waals surface area contributed by atoms with Crippen molar-refractivity contribution in [1.29, 1.82) is 0 Å². The SMILES string of the molecule is O=C(Nc1ccc(F)c(F)c1F)C1CCC(=O)N1Cc1ccccc1. The van der Waals surface area contributed by atoms with E-state index in [4.69, 9.17) is 0 Å². The molecule has 0 aromatic heterocycles. The topological polar surface area (TPSA) is 49.4 Å². The van der Waals surface area contributed by atoms with Gasteiger partial charge in [-0.05, 0) is 24.1 Å². The van der Waals surface area contributed by atoms with Gasteiger partial charge in [0.25, 0.3) is 0 Å². The fraction of sp³-hybridized carbons (Fsp3) is 0.222. The number of carbonyl (C=O) groups is 2. The first-order valence-corrected chi connectivity index (χ1v) is 7.75. The number of halogens is 3. The van der Waals surface area contributed by atoms with Crippen molar-refractivity contribution in [2.45, 2.75) is 25.4 Å². The maximum Gasteiger partial charge on any atom is 0.247 e. The van der Waals surface area contributed by atoms with Gasteiger partial charge in [-0.1, -0.05) is 30.3 Å². The molecule has 0 saturated carbocycles. The summed E-state index contributed by atoms with van der Waals surface area (Å²) in [6.07, 6.45) is 0.480. The molecule has 130 valence electrons. The van der Waals surface area contributed by atoms with Gasteiger partial charge in [0, 0.05) is 13.0 Å². The van der Waals surface area contributed by atoms with E-state index in [9.17, 15) is 22.8 Å². The van der Waals surface area contributed by atoms with Crippen molar-refractivity contribution in [3.63, 3.8) is 0 Å². The maximum absolute atomic E-state index is 13.7. The van der Waals surface area contributed by atoms with Gasteiger partial charge in [0.2, 0.25) is 11.8 Å². The summed E-state index contributed by atoms with van der Waals surface area (Å²) >= 11 is 0. The molecule has 1 unspecified atom stereocenters. The quantitative estimate of drug-likeness (QED) is 0.863. The zero-order chi connectivity index (χ0) is 18.0. The molecule has 1 aliphatic heterocycles. The molecule has 0 bridgehead atoms. The van der Waals surface area contributed by atoms with E-state index in [2.05, 4.69) is 5.32 Å². The van der Waals surface area contributed by atoms with Gasteiger partial charge >= 0.3 is 0 Å². The molecule has 0 spiro atoms. The van der Waals surface area contributed by atoms with Crippen molar-refractivity contribution in [1.82, 2.24) is 4.90 Å². The highest BCUT2D eigenvalue weighted by atomic mass is 19.2. The fourth-order valence-electron chi connectivity index (χ4n) is 2.82. The minimum absolute atomic E-state index is 0.185. The van der Waals surface area contributed by atoms with Gasteiger partial charge in [-0.3, -0.25) is 9.59 Å². The smallest absolute Gasteiger partial charge is 0.247 e. The second-order valence-electron chi connectivity index (χ2n) is 5.77. The first kappa shape index (κ1) is 17.0. The molecule has 2 aromatic carbocycles. The van der Waals surface area contributed by atoms with E-state index in [-0.39, 0.29) is 25.3 Å². The molecular formula is C18H15F3N2O2. The Morgan fingerprint density at radius 2 is 1.80 bits per heavy atom. The third kappa shape index (κ3) is 3.50. The Labute approximate surface area is 142 Å². The zero-order valence-electron chi connectivity index (χ0n) is 13.1. The van der Waals surface area contributed by atoms with Gasteiger partial charge in [-0.2, -0.15) is 0 Å². The molecule has 1 N–H and O–H groups in total. The molecule has 3 rings (SSSR count). The standard InChI is InChI=1S/C18H15F3N2O2/c19-12-6-7-13(17(21)16(12)20)22-18(25)14-8-9-15(24)23(14)10-11-4-2-1-3-5-11/h1-7,14H,8-10H2,(H,22,25). The third-order valence-corrected chi connectivity index (χ3v) is 4.12. The highest BCUT2D eigenvalue weighted by Gasteiger charge is 2.36. The molecule has 2 amide bonds. The number of hydrogen-bond donors (Lipinski definition) is 1. The van der Waals surface area contributed by atoms with Gasteiger partial charge < -0.3 is 10.2 Å². The number of hydrogen-bond acceptors (Lipinski definition) is 2. The number of carbonyl (C=O) groups excluding carboxylic acids is 2. The van der Waals surface area contributed by atoms with Gasteiger partial charge in [0.1, 0.15) is 6.04 Å². The van der Waals surface area contributed by atoms with Crippen molar-refractivity contribution in [2.75, 3.05) is 5.32 Å². The fourth-order valence-corrected chi connectivity index (χ4v) is 2.82. The molecule has 7 heteroatoms. The normalized spacial score (nSPS) is 17.0. The highest BCUT2D eigenvalue weighted by molar-refractivity contribution is 5.99. The predicted octanol–water partition coefficient (Wildman–Crippen LogP) is 3.23. The Morgan fingerprint density at radius 1 is 1.08 bits per heavy atom. The monoisotopic (exact) mass is 348 g/mol. The van der Waals surface area contributed by atoms with Gasteiger partial charge in [-0.25, -0.2) is 13.2 Å². The van der Waals surface area contributed by atoms with E-state index in [1.54, 1.807) is 0 Å². The summed E-state index contributed by atoms with van der Waals surface area (Å²) in [7, 11) is 0. The summed E-state index contributed by atoms with van der Waals surface area (Å²) < 4.78 is 40.0. The van der Waals surface area contributed by atoms with Crippen LogP contribution in [0, 0.1) is 17.5 Å². The number of benzene rings is 2. The maximum atomic E-state index is 13.7. The second kappa shape index (κ2) is 6.96.